The van der Waals surface area contributed by atoms with E-state index in [1.54, 1.807) is 7.05 Å². The van der Waals surface area contributed by atoms with Crippen molar-refractivity contribution >= 4 is 11.9 Å². The molecule has 0 atom stereocenters. The maximum Gasteiger partial charge on any atom is 0.309 e. The Balaban J connectivity index is 1.45. The van der Waals surface area contributed by atoms with Crippen molar-refractivity contribution in [1.29, 1.82) is 0 Å². The van der Waals surface area contributed by atoms with Crippen LogP contribution in [0.1, 0.15) is 38.1 Å². The minimum Gasteiger partial charge on any atom is -0.466 e. The van der Waals surface area contributed by atoms with Crippen LogP contribution >= 0.6 is 0 Å². The molecule has 1 aromatic carbocycles. The molecule has 1 aliphatic heterocycles. The number of likely N-dealkylation sites (tertiary alicyclic amines) is 1. The van der Waals surface area contributed by atoms with Crippen molar-refractivity contribution in [3.05, 3.63) is 35.7 Å². The molecular weight excluding hydrogens is 382 g/mol. The zero-order valence-electron chi connectivity index (χ0n) is 18.1. The third kappa shape index (κ3) is 5.58. The molecule has 1 aliphatic rings. The van der Waals surface area contributed by atoms with Gasteiger partial charge in [-0.25, -0.2) is 0 Å². The lowest BCUT2D eigenvalue weighted by Gasteiger charge is -2.33. The fourth-order valence-electron chi connectivity index (χ4n) is 3.57. The monoisotopic (exact) mass is 413 g/mol. The van der Waals surface area contributed by atoms with Crippen LogP contribution in [-0.2, 0) is 22.4 Å². The highest BCUT2D eigenvalue weighted by Crippen LogP contribution is 2.19. The summed E-state index contributed by atoms with van der Waals surface area (Å²) in [5.41, 5.74) is 2.15. The summed E-state index contributed by atoms with van der Waals surface area (Å²) >= 11 is 0. The van der Waals surface area contributed by atoms with Gasteiger partial charge in [0.25, 0.3) is 5.89 Å². The fraction of sp³-hybridized carbons (Fsp3) is 0.545. The molecule has 1 aromatic heterocycles. The number of aromatic nitrogens is 2. The van der Waals surface area contributed by atoms with Gasteiger partial charge in [-0.2, -0.15) is 4.98 Å². The molecule has 30 heavy (non-hydrogen) atoms. The maximum atomic E-state index is 11.9. The first kappa shape index (κ1) is 21.8. The van der Waals surface area contributed by atoms with E-state index in [-0.39, 0.29) is 11.9 Å². The first-order valence-corrected chi connectivity index (χ1v) is 10.7. The molecule has 3 rings (SSSR count). The Hall–Kier alpha value is -2.90. The summed E-state index contributed by atoms with van der Waals surface area (Å²) in [7, 11) is 1.80. The van der Waals surface area contributed by atoms with Crippen LogP contribution in [0.2, 0.25) is 0 Å². The smallest absolute Gasteiger partial charge is 0.309 e. The van der Waals surface area contributed by atoms with Gasteiger partial charge in [0.15, 0.2) is 11.8 Å². The molecule has 1 fully saturated rings. The second-order valence-electron chi connectivity index (χ2n) is 7.30. The van der Waals surface area contributed by atoms with E-state index in [9.17, 15) is 4.79 Å². The highest BCUT2D eigenvalue weighted by atomic mass is 16.5. The highest BCUT2D eigenvalue weighted by Gasteiger charge is 2.27. The van der Waals surface area contributed by atoms with Gasteiger partial charge in [0.05, 0.1) is 12.5 Å². The van der Waals surface area contributed by atoms with Crippen LogP contribution in [0.25, 0.3) is 11.5 Å². The zero-order valence-corrected chi connectivity index (χ0v) is 18.1. The number of rotatable bonds is 7. The molecule has 1 saturated heterocycles. The van der Waals surface area contributed by atoms with Gasteiger partial charge < -0.3 is 19.5 Å². The number of ether oxygens (including phenoxy) is 1. The van der Waals surface area contributed by atoms with Crippen molar-refractivity contribution in [2.24, 2.45) is 10.9 Å². The molecule has 162 valence electrons. The number of aliphatic imine (C=N–C) groups is 1. The maximum absolute atomic E-state index is 11.9. The first-order chi connectivity index (χ1) is 14.6. The van der Waals surface area contributed by atoms with E-state index in [1.165, 1.54) is 5.56 Å². The number of nitrogens with one attached hydrogen (secondary N) is 1. The van der Waals surface area contributed by atoms with Gasteiger partial charge >= 0.3 is 5.97 Å². The molecule has 0 aliphatic carbocycles. The van der Waals surface area contributed by atoms with E-state index >= 15 is 0 Å². The summed E-state index contributed by atoms with van der Waals surface area (Å²) in [5.74, 6) is 2.09. The summed E-state index contributed by atoms with van der Waals surface area (Å²) in [6.07, 6.45) is 3.24. The van der Waals surface area contributed by atoms with Crippen LogP contribution in [-0.4, -0.2) is 60.3 Å². The van der Waals surface area contributed by atoms with Crippen LogP contribution in [0, 0.1) is 5.92 Å². The first-order valence-electron chi connectivity index (χ1n) is 10.7. The number of piperidine rings is 1. The summed E-state index contributed by atoms with van der Waals surface area (Å²) in [5, 5.41) is 7.37. The number of esters is 1. The van der Waals surface area contributed by atoms with Crippen molar-refractivity contribution in [2.45, 2.75) is 39.5 Å². The molecule has 0 spiro atoms. The summed E-state index contributed by atoms with van der Waals surface area (Å²) < 4.78 is 10.4. The van der Waals surface area contributed by atoms with E-state index in [0.717, 1.165) is 62.7 Å². The molecule has 2 heterocycles. The Kier molecular flexibility index (Phi) is 7.82. The summed E-state index contributed by atoms with van der Waals surface area (Å²) in [6, 6.07) is 8.19. The average molecular weight is 414 g/mol. The van der Waals surface area contributed by atoms with E-state index in [1.807, 2.05) is 26.0 Å². The summed E-state index contributed by atoms with van der Waals surface area (Å²) in [6.45, 7) is 6.69. The second kappa shape index (κ2) is 10.8. The van der Waals surface area contributed by atoms with E-state index < -0.39 is 0 Å². The van der Waals surface area contributed by atoms with Crippen molar-refractivity contribution < 1.29 is 14.1 Å². The lowest BCUT2D eigenvalue weighted by atomic mass is 9.97. The molecule has 1 N–H and O–H groups in total. The number of benzene rings is 1. The number of aryl methyl sites for hydroxylation is 1. The van der Waals surface area contributed by atoms with Crippen LogP contribution < -0.4 is 5.32 Å². The van der Waals surface area contributed by atoms with Crippen LogP contribution in [0.3, 0.4) is 0 Å². The number of hydrogen-bond acceptors (Lipinski definition) is 6. The minimum atomic E-state index is -0.0741. The topological polar surface area (TPSA) is 92.8 Å². The van der Waals surface area contributed by atoms with Gasteiger partial charge in [-0.15, -0.1) is 0 Å². The lowest BCUT2D eigenvalue weighted by Crippen LogP contribution is -2.47. The number of carbonyl (C=O) groups excluding carboxylic acids is 1. The van der Waals surface area contributed by atoms with Gasteiger partial charge in [-0.1, -0.05) is 24.2 Å². The number of nitrogens with zero attached hydrogens (tertiary/aromatic N) is 4. The van der Waals surface area contributed by atoms with E-state index in [2.05, 4.69) is 37.5 Å². The van der Waals surface area contributed by atoms with Crippen LogP contribution in [0.5, 0.6) is 0 Å². The van der Waals surface area contributed by atoms with Crippen molar-refractivity contribution in [1.82, 2.24) is 20.4 Å². The molecule has 0 unspecified atom stereocenters. The van der Waals surface area contributed by atoms with E-state index in [0.29, 0.717) is 12.5 Å². The van der Waals surface area contributed by atoms with Gasteiger partial charge in [0, 0.05) is 38.7 Å². The molecule has 8 heteroatoms. The molecule has 8 nitrogen and oxygen atoms in total. The van der Waals surface area contributed by atoms with E-state index in [4.69, 9.17) is 9.26 Å². The Morgan fingerprint density at radius 3 is 2.60 bits per heavy atom. The van der Waals surface area contributed by atoms with Crippen molar-refractivity contribution in [3.8, 4) is 11.5 Å². The zero-order chi connectivity index (χ0) is 21.3. The highest BCUT2D eigenvalue weighted by molar-refractivity contribution is 5.80. The average Bonchev–Trinajstić information content (AvgIpc) is 3.27. The van der Waals surface area contributed by atoms with Crippen molar-refractivity contribution in [3.63, 3.8) is 0 Å². The molecule has 0 bridgehead atoms. The third-order valence-corrected chi connectivity index (χ3v) is 5.31. The number of carbonyl (C=O) groups is 1. The largest absolute Gasteiger partial charge is 0.466 e. The Morgan fingerprint density at radius 2 is 2.00 bits per heavy atom. The lowest BCUT2D eigenvalue weighted by molar-refractivity contribution is -0.149. The van der Waals surface area contributed by atoms with Crippen molar-refractivity contribution in [2.75, 3.05) is 33.3 Å². The summed E-state index contributed by atoms with van der Waals surface area (Å²) in [4.78, 5) is 22.9. The predicted molar refractivity (Wildman–Crippen MR) is 115 cm³/mol. The molecular formula is C22H31N5O3. The van der Waals surface area contributed by atoms with Gasteiger partial charge in [-0.05, 0) is 43.9 Å². The standard InChI is InChI=1S/C22H31N5O3/c1-4-19-25-20(30-26-19)17-8-6-16(7-9-17)10-13-24-22(23-3)27-14-11-18(12-15-27)21(28)29-5-2/h6-9,18H,4-5,10-15H2,1-3H3,(H,23,24). The minimum absolute atomic E-state index is 0.00470. The number of guanidine groups is 1. The normalized spacial score (nSPS) is 15.3. The molecule has 0 radical (unpaired) electrons. The van der Waals surface area contributed by atoms with Gasteiger partial charge in [0.2, 0.25) is 0 Å². The van der Waals surface area contributed by atoms with Gasteiger partial charge in [0.1, 0.15) is 0 Å². The molecule has 0 saturated carbocycles. The third-order valence-electron chi connectivity index (χ3n) is 5.31. The molecule has 2 aromatic rings. The van der Waals surface area contributed by atoms with Crippen LogP contribution in [0.4, 0.5) is 0 Å². The van der Waals surface area contributed by atoms with Crippen LogP contribution in [0.15, 0.2) is 33.8 Å². The Morgan fingerprint density at radius 1 is 1.27 bits per heavy atom. The van der Waals surface area contributed by atoms with Gasteiger partial charge in [-0.3, -0.25) is 9.79 Å². The predicted octanol–water partition coefficient (Wildman–Crippen LogP) is 2.69. The Labute approximate surface area is 177 Å². The second-order valence-corrected chi connectivity index (χ2v) is 7.30. The fourth-order valence-corrected chi connectivity index (χ4v) is 3.57. The quantitative estimate of drug-likeness (QED) is 0.424. The molecule has 0 amide bonds. The Bertz CT molecular complexity index is 839. The number of hydrogen-bond donors (Lipinski definition) is 1. The SMILES string of the molecule is CCOC(=O)C1CCN(C(=NC)NCCc2ccc(-c3nc(CC)no3)cc2)CC1.